The highest BCUT2D eigenvalue weighted by molar-refractivity contribution is 6.34. The molecule has 1 heterocycles. The van der Waals surface area contributed by atoms with Crippen molar-refractivity contribution in [3.63, 3.8) is 0 Å². The molecule has 32 heavy (non-hydrogen) atoms. The number of anilines is 1. The zero-order chi connectivity index (χ0) is 23.3. The van der Waals surface area contributed by atoms with E-state index in [4.69, 9.17) is 11.6 Å². The van der Waals surface area contributed by atoms with Crippen LogP contribution in [0.15, 0.2) is 42.5 Å². The number of benzene rings is 2. The first-order valence-electron chi connectivity index (χ1n) is 10.6. The van der Waals surface area contributed by atoms with Crippen LogP contribution in [0.2, 0.25) is 5.02 Å². The number of likely N-dealkylation sites (tertiary alicyclic amines) is 1. The van der Waals surface area contributed by atoms with E-state index >= 15 is 0 Å². The zero-order valence-electron chi connectivity index (χ0n) is 18.1. The molecule has 1 aliphatic heterocycles. The molecule has 1 fully saturated rings. The van der Waals surface area contributed by atoms with Gasteiger partial charge in [0.2, 0.25) is 0 Å². The number of carbonyl (C=O) groups excluding carboxylic acids is 2. The minimum absolute atomic E-state index is 0.0386. The summed E-state index contributed by atoms with van der Waals surface area (Å²) in [6, 6.07) is 10.5. The van der Waals surface area contributed by atoms with Crippen LogP contribution >= 0.6 is 11.6 Å². The molecule has 2 aromatic rings. The number of halogens is 1. The Bertz CT molecular complexity index is 1010. The van der Waals surface area contributed by atoms with Gasteiger partial charge in [-0.05, 0) is 57.0 Å². The lowest BCUT2D eigenvalue weighted by Gasteiger charge is -2.35. The van der Waals surface area contributed by atoms with Gasteiger partial charge in [-0.3, -0.25) is 24.6 Å². The molecule has 1 atom stereocenters. The number of rotatable bonds is 7. The number of non-ortho nitro benzene ring substituents is 1. The summed E-state index contributed by atoms with van der Waals surface area (Å²) in [4.78, 5) is 38.2. The Morgan fingerprint density at radius 2 is 1.84 bits per heavy atom. The van der Waals surface area contributed by atoms with Gasteiger partial charge in [-0.2, -0.15) is 0 Å². The van der Waals surface area contributed by atoms with Gasteiger partial charge in [0, 0.05) is 24.7 Å². The molecule has 1 saturated heterocycles. The molecule has 1 unspecified atom stereocenters. The van der Waals surface area contributed by atoms with Gasteiger partial charge in [0.25, 0.3) is 17.5 Å². The summed E-state index contributed by atoms with van der Waals surface area (Å²) in [5.74, 6) is -0.0957. The number of nitro benzene ring substituents is 1. The minimum Gasteiger partial charge on any atom is -0.350 e. The van der Waals surface area contributed by atoms with Crippen LogP contribution in [0, 0.1) is 16.0 Å². The molecule has 0 radical (unpaired) electrons. The van der Waals surface area contributed by atoms with Crippen molar-refractivity contribution in [1.29, 1.82) is 0 Å². The molecule has 2 amide bonds. The van der Waals surface area contributed by atoms with E-state index in [1.165, 1.54) is 25.0 Å². The molecular formula is C23H27ClN4O4. The fourth-order valence-electron chi connectivity index (χ4n) is 3.72. The third-order valence-electron chi connectivity index (χ3n) is 5.83. The summed E-state index contributed by atoms with van der Waals surface area (Å²) in [6.07, 6.45) is 2.33. The lowest BCUT2D eigenvalue weighted by atomic mass is 9.98. The molecule has 0 aromatic heterocycles. The van der Waals surface area contributed by atoms with Crippen molar-refractivity contribution >= 4 is 34.8 Å². The number of nitrogens with zero attached hydrogens (tertiary/aromatic N) is 2. The largest absolute Gasteiger partial charge is 0.350 e. The number of para-hydroxylation sites is 1. The maximum Gasteiger partial charge on any atom is 0.270 e. The summed E-state index contributed by atoms with van der Waals surface area (Å²) in [6.45, 7) is 6.92. The summed E-state index contributed by atoms with van der Waals surface area (Å²) >= 11 is 6.06. The molecule has 3 rings (SSSR count). The third-order valence-corrected chi connectivity index (χ3v) is 6.14. The van der Waals surface area contributed by atoms with Crippen molar-refractivity contribution in [1.82, 2.24) is 10.2 Å². The van der Waals surface area contributed by atoms with E-state index in [9.17, 15) is 19.7 Å². The van der Waals surface area contributed by atoms with E-state index in [1.807, 2.05) is 0 Å². The van der Waals surface area contributed by atoms with Crippen molar-refractivity contribution in [2.45, 2.75) is 32.7 Å². The Morgan fingerprint density at radius 1 is 1.16 bits per heavy atom. The number of hydrogen-bond acceptors (Lipinski definition) is 5. The highest BCUT2D eigenvalue weighted by Gasteiger charge is 2.22. The predicted octanol–water partition coefficient (Wildman–Crippen LogP) is 4.35. The second kappa shape index (κ2) is 10.6. The standard InChI is InChI=1S/C23H27ClN4O4/c1-15-9-11-27(12-10-15)16(2)14-25-22(29)19-5-3-4-6-21(19)26-23(30)18-8-7-17(28(31)32)13-20(18)24/h3-8,13,15-16H,9-12,14H2,1-2H3,(H,25,29)(H,26,30). The van der Waals surface area contributed by atoms with Crippen LogP contribution in [-0.2, 0) is 0 Å². The third kappa shape index (κ3) is 5.83. The van der Waals surface area contributed by atoms with Crippen molar-refractivity contribution < 1.29 is 14.5 Å². The fourth-order valence-corrected chi connectivity index (χ4v) is 3.98. The highest BCUT2D eigenvalue weighted by atomic mass is 35.5. The first-order valence-corrected chi connectivity index (χ1v) is 11.0. The highest BCUT2D eigenvalue weighted by Crippen LogP contribution is 2.24. The van der Waals surface area contributed by atoms with Crippen LogP contribution in [0.25, 0.3) is 0 Å². The van der Waals surface area contributed by atoms with Gasteiger partial charge in [-0.25, -0.2) is 0 Å². The first-order chi connectivity index (χ1) is 15.3. The van der Waals surface area contributed by atoms with Crippen molar-refractivity contribution in [2.75, 3.05) is 25.0 Å². The lowest BCUT2D eigenvalue weighted by molar-refractivity contribution is -0.384. The average molecular weight is 459 g/mol. The van der Waals surface area contributed by atoms with Crippen LogP contribution in [0.3, 0.4) is 0 Å². The summed E-state index contributed by atoms with van der Waals surface area (Å²) < 4.78 is 0. The monoisotopic (exact) mass is 458 g/mol. The lowest BCUT2D eigenvalue weighted by Crippen LogP contribution is -2.45. The van der Waals surface area contributed by atoms with E-state index < -0.39 is 10.8 Å². The Kier molecular flexibility index (Phi) is 7.82. The van der Waals surface area contributed by atoms with Gasteiger partial charge in [0.1, 0.15) is 0 Å². The molecule has 0 aliphatic carbocycles. The Labute approximate surface area is 192 Å². The first kappa shape index (κ1) is 23.7. The molecular weight excluding hydrogens is 432 g/mol. The maximum absolute atomic E-state index is 12.8. The van der Waals surface area contributed by atoms with Gasteiger partial charge in [-0.15, -0.1) is 0 Å². The van der Waals surface area contributed by atoms with Gasteiger partial charge < -0.3 is 10.6 Å². The van der Waals surface area contributed by atoms with Gasteiger partial charge in [0.15, 0.2) is 0 Å². The van der Waals surface area contributed by atoms with Gasteiger partial charge >= 0.3 is 0 Å². The molecule has 2 N–H and O–H groups in total. The zero-order valence-corrected chi connectivity index (χ0v) is 18.9. The predicted molar refractivity (Wildman–Crippen MR) is 124 cm³/mol. The van der Waals surface area contributed by atoms with E-state index in [0.717, 1.165) is 25.1 Å². The Morgan fingerprint density at radius 3 is 2.50 bits per heavy atom. The topological polar surface area (TPSA) is 105 Å². The fraction of sp³-hybridized carbons (Fsp3) is 0.391. The Hall–Kier alpha value is -2.97. The van der Waals surface area contributed by atoms with Crippen molar-refractivity contribution in [2.24, 2.45) is 5.92 Å². The van der Waals surface area contributed by atoms with Gasteiger partial charge in [-0.1, -0.05) is 30.7 Å². The van der Waals surface area contributed by atoms with Crippen LogP contribution < -0.4 is 10.6 Å². The molecule has 170 valence electrons. The normalized spacial score (nSPS) is 15.7. The second-order valence-corrected chi connectivity index (χ2v) is 8.61. The summed E-state index contributed by atoms with van der Waals surface area (Å²) in [7, 11) is 0. The Balaban J connectivity index is 1.65. The molecule has 0 saturated carbocycles. The maximum atomic E-state index is 12.8. The molecule has 0 bridgehead atoms. The average Bonchev–Trinajstić information content (AvgIpc) is 2.77. The molecule has 8 nitrogen and oxygen atoms in total. The quantitative estimate of drug-likeness (QED) is 0.474. The van der Waals surface area contributed by atoms with Crippen LogP contribution in [0.1, 0.15) is 47.4 Å². The summed E-state index contributed by atoms with van der Waals surface area (Å²) in [5, 5.41) is 16.5. The molecule has 2 aromatic carbocycles. The van der Waals surface area contributed by atoms with Crippen LogP contribution in [0.5, 0.6) is 0 Å². The molecule has 9 heteroatoms. The van der Waals surface area contributed by atoms with Gasteiger partial charge in [0.05, 0.1) is 26.8 Å². The van der Waals surface area contributed by atoms with Crippen LogP contribution in [-0.4, -0.2) is 47.3 Å². The number of piperidine rings is 1. The number of amides is 2. The van der Waals surface area contributed by atoms with E-state index in [0.29, 0.717) is 17.8 Å². The smallest absolute Gasteiger partial charge is 0.270 e. The number of hydrogen-bond donors (Lipinski definition) is 2. The minimum atomic E-state index is -0.585. The molecule has 0 spiro atoms. The van der Waals surface area contributed by atoms with Crippen LogP contribution in [0.4, 0.5) is 11.4 Å². The van der Waals surface area contributed by atoms with E-state index in [1.54, 1.807) is 24.3 Å². The van der Waals surface area contributed by atoms with E-state index in [2.05, 4.69) is 29.4 Å². The van der Waals surface area contributed by atoms with Crippen molar-refractivity contribution in [3.05, 3.63) is 68.7 Å². The SMILES string of the molecule is CC1CCN(C(C)CNC(=O)c2ccccc2NC(=O)c2ccc([N+](=O)[O-])cc2Cl)CC1. The summed E-state index contributed by atoms with van der Waals surface area (Å²) in [5.41, 5.74) is 0.547. The number of nitro groups is 1. The number of nitrogens with one attached hydrogen (secondary N) is 2. The van der Waals surface area contributed by atoms with E-state index in [-0.39, 0.29) is 28.2 Å². The second-order valence-electron chi connectivity index (χ2n) is 8.20. The molecule has 1 aliphatic rings. The number of carbonyl (C=O) groups is 2. The van der Waals surface area contributed by atoms with Crippen molar-refractivity contribution in [3.8, 4) is 0 Å².